The highest BCUT2D eigenvalue weighted by atomic mass is 79.9. The van der Waals surface area contributed by atoms with Gasteiger partial charge in [0.25, 0.3) is 5.91 Å². The van der Waals surface area contributed by atoms with Crippen LogP contribution >= 0.6 is 15.9 Å². The van der Waals surface area contributed by atoms with Gasteiger partial charge in [0, 0.05) is 15.9 Å². The van der Waals surface area contributed by atoms with Gasteiger partial charge in [-0.25, -0.2) is 9.59 Å². The minimum absolute atomic E-state index is 0.0988. The van der Waals surface area contributed by atoms with Crippen LogP contribution in [0.1, 0.15) is 39.2 Å². The first-order valence-electron chi connectivity index (χ1n) is 9.83. The molecule has 0 aliphatic carbocycles. The van der Waals surface area contributed by atoms with Gasteiger partial charge in [0.2, 0.25) is 0 Å². The van der Waals surface area contributed by atoms with Crippen molar-refractivity contribution in [3.8, 4) is 5.75 Å². The monoisotopic (exact) mass is 491 g/mol. The second kappa shape index (κ2) is 9.20. The van der Waals surface area contributed by atoms with Crippen molar-refractivity contribution >= 4 is 38.8 Å². The number of esters is 1. The van der Waals surface area contributed by atoms with Crippen LogP contribution in [0.4, 0.5) is 0 Å². The molecule has 32 heavy (non-hydrogen) atoms. The Labute approximate surface area is 192 Å². The van der Waals surface area contributed by atoms with Crippen LogP contribution < -0.4 is 15.7 Å². The number of amides is 1. The quantitative estimate of drug-likeness (QED) is 0.233. The van der Waals surface area contributed by atoms with E-state index in [2.05, 4.69) is 21.2 Å². The van der Waals surface area contributed by atoms with E-state index in [0.29, 0.717) is 15.4 Å². The molecular weight excluding hydrogens is 474 g/mol. The lowest BCUT2D eigenvalue weighted by Gasteiger charge is -2.14. The minimum atomic E-state index is -0.774. The third-order valence-electron chi connectivity index (χ3n) is 4.90. The van der Waals surface area contributed by atoms with Gasteiger partial charge >= 0.3 is 11.6 Å². The fraction of sp³-hybridized carbons (Fsp3) is 0.0800. The number of rotatable bonds is 5. The lowest BCUT2D eigenvalue weighted by atomic mass is 10.1. The molecule has 0 aliphatic heterocycles. The molecule has 1 unspecified atom stereocenters. The third kappa shape index (κ3) is 4.63. The zero-order chi connectivity index (χ0) is 22.7. The average Bonchev–Trinajstić information content (AvgIpc) is 2.79. The second-order valence-corrected chi connectivity index (χ2v) is 7.98. The summed E-state index contributed by atoms with van der Waals surface area (Å²) in [7, 11) is 0. The number of carbonyl (C=O) groups is 2. The van der Waals surface area contributed by atoms with E-state index in [0.717, 1.165) is 5.56 Å². The predicted molar refractivity (Wildman–Crippen MR) is 124 cm³/mol. The van der Waals surface area contributed by atoms with Crippen LogP contribution in [0.25, 0.3) is 11.0 Å². The molecule has 160 valence electrons. The highest BCUT2D eigenvalue weighted by Gasteiger charge is 2.18. The number of fused-ring (bicyclic) bond motifs is 1. The van der Waals surface area contributed by atoms with Crippen molar-refractivity contribution in [2.24, 2.45) is 0 Å². The Morgan fingerprint density at radius 2 is 1.66 bits per heavy atom. The summed E-state index contributed by atoms with van der Waals surface area (Å²) in [5.41, 5.74) is 0.624. The maximum absolute atomic E-state index is 12.6. The van der Waals surface area contributed by atoms with Gasteiger partial charge in [-0.2, -0.15) is 0 Å². The molecule has 0 radical (unpaired) electrons. The van der Waals surface area contributed by atoms with E-state index in [1.165, 1.54) is 12.1 Å². The van der Waals surface area contributed by atoms with Gasteiger partial charge in [0.1, 0.15) is 16.9 Å². The number of nitrogens with one attached hydrogen (secondary N) is 1. The maximum Gasteiger partial charge on any atom is 0.349 e. The van der Waals surface area contributed by atoms with Crippen molar-refractivity contribution in [1.29, 1.82) is 0 Å². The van der Waals surface area contributed by atoms with E-state index in [1.807, 2.05) is 37.3 Å². The number of hydrogen-bond donors (Lipinski definition) is 1. The first-order valence-corrected chi connectivity index (χ1v) is 10.6. The summed E-state index contributed by atoms with van der Waals surface area (Å²) in [6.07, 6.45) is 0. The fourth-order valence-corrected chi connectivity index (χ4v) is 3.65. The minimum Gasteiger partial charge on any atom is -0.423 e. The SMILES string of the molecule is CC(NC(=O)c1cc2ccc(OC(=O)c3ccccc3Br)cc2oc1=O)c1ccccc1. The van der Waals surface area contributed by atoms with E-state index in [9.17, 15) is 14.4 Å². The summed E-state index contributed by atoms with van der Waals surface area (Å²) < 4.78 is 11.3. The summed E-state index contributed by atoms with van der Waals surface area (Å²) >= 11 is 3.31. The smallest absolute Gasteiger partial charge is 0.349 e. The summed E-state index contributed by atoms with van der Waals surface area (Å²) in [6.45, 7) is 1.83. The van der Waals surface area contributed by atoms with E-state index >= 15 is 0 Å². The molecule has 1 amide bonds. The molecule has 4 aromatic rings. The number of carbonyl (C=O) groups excluding carboxylic acids is 2. The van der Waals surface area contributed by atoms with E-state index in [1.54, 1.807) is 36.4 Å². The summed E-state index contributed by atoms with van der Waals surface area (Å²) in [5, 5.41) is 3.34. The standard InChI is InChI=1S/C25H18BrNO5/c1-15(16-7-3-2-4-8-16)27-23(28)20-13-17-11-12-18(14-22(17)32-25(20)30)31-24(29)19-9-5-6-10-21(19)26/h2-15H,1H3,(H,27,28). The summed E-state index contributed by atoms with van der Waals surface area (Å²) in [4.78, 5) is 37.5. The molecule has 1 atom stereocenters. The number of hydrogen-bond acceptors (Lipinski definition) is 5. The van der Waals surface area contributed by atoms with Gasteiger partial charge in [-0.1, -0.05) is 42.5 Å². The Bertz CT molecular complexity index is 1360. The van der Waals surface area contributed by atoms with Gasteiger partial charge in [-0.15, -0.1) is 0 Å². The zero-order valence-electron chi connectivity index (χ0n) is 17.0. The van der Waals surface area contributed by atoms with Crippen molar-refractivity contribution in [3.05, 3.63) is 110 Å². The molecule has 0 aliphatic rings. The van der Waals surface area contributed by atoms with Gasteiger partial charge in [0.05, 0.1) is 11.6 Å². The predicted octanol–water partition coefficient (Wildman–Crippen LogP) is 5.27. The summed E-state index contributed by atoms with van der Waals surface area (Å²) in [6, 6.07) is 22.2. The maximum atomic E-state index is 12.6. The molecule has 3 aromatic carbocycles. The number of benzene rings is 3. The molecule has 1 aromatic heterocycles. The number of ether oxygens (including phenoxy) is 1. The molecule has 1 N–H and O–H groups in total. The van der Waals surface area contributed by atoms with E-state index in [-0.39, 0.29) is 22.9 Å². The van der Waals surface area contributed by atoms with E-state index < -0.39 is 17.5 Å². The Balaban J connectivity index is 1.55. The molecule has 0 saturated carbocycles. The largest absolute Gasteiger partial charge is 0.423 e. The van der Waals surface area contributed by atoms with Gasteiger partial charge in [0.15, 0.2) is 0 Å². The topological polar surface area (TPSA) is 85.6 Å². The van der Waals surface area contributed by atoms with Crippen LogP contribution in [0.3, 0.4) is 0 Å². The molecule has 0 bridgehead atoms. The second-order valence-electron chi connectivity index (χ2n) is 7.12. The van der Waals surface area contributed by atoms with Crippen molar-refractivity contribution in [2.75, 3.05) is 0 Å². The third-order valence-corrected chi connectivity index (χ3v) is 5.60. The molecule has 1 heterocycles. The Morgan fingerprint density at radius 1 is 0.938 bits per heavy atom. The first kappa shape index (κ1) is 21.5. The van der Waals surface area contributed by atoms with Crippen LogP contribution in [0.5, 0.6) is 5.75 Å². The summed E-state index contributed by atoms with van der Waals surface area (Å²) in [5.74, 6) is -0.859. The zero-order valence-corrected chi connectivity index (χ0v) is 18.6. The normalized spacial score (nSPS) is 11.7. The van der Waals surface area contributed by atoms with Gasteiger partial charge in [-0.3, -0.25) is 4.79 Å². The van der Waals surface area contributed by atoms with Crippen LogP contribution in [0, 0.1) is 0 Å². The molecular formula is C25H18BrNO5. The Morgan fingerprint density at radius 3 is 2.41 bits per heavy atom. The molecule has 0 saturated heterocycles. The molecule has 7 heteroatoms. The Kier molecular flexibility index (Phi) is 6.18. The fourth-order valence-electron chi connectivity index (χ4n) is 3.20. The van der Waals surface area contributed by atoms with Crippen LogP contribution in [0.2, 0.25) is 0 Å². The average molecular weight is 492 g/mol. The van der Waals surface area contributed by atoms with Crippen molar-refractivity contribution in [3.63, 3.8) is 0 Å². The first-order chi connectivity index (χ1) is 15.4. The lowest BCUT2D eigenvalue weighted by molar-refractivity contribution is 0.0733. The van der Waals surface area contributed by atoms with Crippen molar-refractivity contribution in [1.82, 2.24) is 5.32 Å². The molecule has 0 fully saturated rings. The Hall–Kier alpha value is -3.71. The van der Waals surface area contributed by atoms with Gasteiger partial charge < -0.3 is 14.5 Å². The van der Waals surface area contributed by atoms with Crippen LogP contribution in [-0.4, -0.2) is 11.9 Å². The van der Waals surface area contributed by atoms with Gasteiger partial charge in [-0.05, 0) is 58.7 Å². The molecule has 4 rings (SSSR count). The van der Waals surface area contributed by atoms with Crippen molar-refractivity contribution < 1.29 is 18.7 Å². The number of halogens is 1. The highest BCUT2D eigenvalue weighted by molar-refractivity contribution is 9.10. The molecule has 0 spiro atoms. The van der Waals surface area contributed by atoms with E-state index in [4.69, 9.17) is 9.15 Å². The highest BCUT2D eigenvalue weighted by Crippen LogP contribution is 2.23. The van der Waals surface area contributed by atoms with Crippen LogP contribution in [0.15, 0.2) is 92.5 Å². The van der Waals surface area contributed by atoms with Crippen molar-refractivity contribution in [2.45, 2.75) is 13.0 Å². The lowest BCUT2D eigenvalue weighted by Crippen LogP contribution is -2.30. The molecule has 6 nitrogen and oxygen atoms in total. The van der Waals surface area contributed by atoms with Crippen LogP contribution in [-0.2, 0) is 0 Å².